The molecule has 1 aliphatic heterocycles. The number of anilines is 1. The van der Waals surface area contributed by atoms with E-state index in [1.165, 1.54) is 11.5 Å². The highest BCUT2D eigenvalue weighted by Crippen LogP contribution is 2.27. The summed E-state index contributed by atoms with van der Waals surface area (Å²) in [6.45, 7) is 3.70. The molecule has 2 aromatic rings. The third-order valence-electron chi connectivity index (χ3n) is 3.09. The monoisotopic (exact) mass is 261 g/mol. The molecule has 0 saturated carbocycles. The predicted octanol–water partition coefficient (Wildman–Crippen LogP) is 2.80. The Morgan fingerprint density at radius 3 is 2.89 bits per heavy atom. The van der Waals surface area contributed by atoms with Crippen LogP contribution in [0.3, 0.4) is 0 Å². The molecule has 18 heavy (non-hydrogen) atoms. The van der Waals surface area contributed by atoms with Crippen LogP contribution in [0.15, 0.2) is 30.3 Å². The Morgan fingerprint density at radius 2 is 2.17 bits per heavy atom. The van der Waals surface area contributed by atoms with Crippen molar-refractivity contribution in [1.82, 2.24) is 9.36 Å². The average molecular weight is 261 g/mol. The largest absolute Gasteiger partial charge is 0.379 e. The summed E-state index contributed by atoms with van der Waals surface area (Å²) in [5.74, 6) is 0.783. The van der Waals surface area contributed by atoms with Crippen LogP contribution < -0.4 is 5.32 Å². The molecule has 0 aliphatic carbocycles. The van der Waals surface area contributed by atoms with Gasteiger partial charge in [0.1, 0.15) is 0 Å². The Morgan fingerprint density at radius 1 is 1.33 bits per heavy atom. The fourth-order valence-corrected chi connectivity index (χ4v) is 2.74. The molecular formula is C13H15N3OS. The van der Waals surface area contributed by atoms with Gasteiger partial charge in [-0.25, -0.2) is 0 Å². The van der Waals surface area contributed by atoms with Crippen LogP contribution in [0.5, 0.6) is 0 Å². The third-order valence-corrected chi connectivity index (χ3v) is 3.72. The first-order chi connectivity index (χ1) is 8.75. The van der Waals surface area contributed by atoms with Gasteiger partial charge in [0.25, 0.3) is 0 Å². The Balaban J connectivity index is 1.78. The summed E-state index contributed by atoms with van der Waals surface area (Å²) in [5.41, 5.74) is 1.04. The Bertz CT molecular complexity index is 520. The molecule has 0 radical (unpaired) electrons. The lowest BCUT2D eigenvalue weighted by Gasteiger charge is -2.22. The van der Waals surface area contributed by atoms with E-state index in [4.69, 9.17) is 4.74 Å². The minimum absolute atomic E-state index is 0.00646. The van der Waals surface area contributed by atoms with Crippen molar-refractivity contribution in [1.29, 1.82) is 0 Å². The van der Waals surface area contributed by atoms with Gasteiger partial charge in [0.2, 0.25) is 5.13 Å². The molecule has 1 N–H and O–H groups in total. The maximum atomic E-state index is 5.42. The summed E-state index contributed by atoms with van der Waals surface area (Å²) in [6.07, 6.45) is 1.01. The quantitative estimate of drug-likeness (QED) is 0.923. The lowest BCUT2D eigenvalue weighted by atomic mass is 10.0. The SMILES string of the molecule is CC1(Nc2nc(-c3ccccc3)ns2)CCOC1. The summed E-state index contributed by atoms with van der Waals surface area (Å²) in [7, 11) is 0. The molecule has 1 atom stereocenters. The number of ether oxygens (including phenoxy) is 1. The van der Waals surface area contributed by atoms with Crippen molar-refractivity contribution in [2.45, 2.75) is 18.9 Å². The zero-order chi connectivity index (χ0) is 12.4. The molecule has 1 aliphatic rings. The molecule has 5 heteroatoms. The summed E-state index contributed by atoms with van der Waals surface area (Å²) in [5, 5.41) is 4.29. The smallest absolute Gasteiger partial charge is 0.203 e. The van der Waals surface area contributed by atoms with Gasteiger partial charge in [0.15, 0.2) is 5.82 Å². The molecule has 0 bridgehead atoms. The molecule has 1 aromatic heterocycles. The average Bonchev–Trinajstić information content (AvgIpc) is 3.00. The van der Waals surface area contributed by atoms with Crippen LogP contribution in [0.25, 0.3) is 11.4 Å². The van der Waals surface area contributed by atoms with Crippen LogP contribution in [-0.4, -0.2) is 28.1 Å². The van der Waals surface area contributed by atoms with E-state index in [1.54, 1.807) is 0 Å². The second kappa shape index (κ2) is 4.66. The van der Waals surface area contributed by atoms with Gasteiger partial charge in [-0.2, -0.15) is 9.36 Å². The van der Waals surface area contributed by atoms with Gasteiger partial charge >= 0.3 is 0 Å². The lowest BCUT2D eigenvalue weighted by molar-refractivity contribution is 0.185. The number of nitrogens with one attached hydrogen (secondary N) is 1. The number of aromatic nitrogens is 2. The zero-order valence-corrected chi connectivity index (χ0v) is 11.0. The maximum absolute atomic E-state index is 5.42. The van der Waals surface area contributed by atoms with Gasteiger partial charge in [0.05, 0.1) is 12.1 Å². The number of benzene rings is 1. The third kappa shape index (κ3) is 2.37. The van der Waals surface area contributed by atoms with E-state index in [-0.39, 0.29) is 5.54 Å². The summed E-state index contributed by atoms with van der Waals surface area (Å²) in [6, 6.07) is 10.0. The van der Waals surface area contributed by atoms with E-state index >= 15 is 0 Å². The molecule has 4 nitrogen and oxygen atoms in total. The van der Waals surface area contributed by atoms with E-state index < -0.39 is 0 Å². The molecule has 1 fully saturated rings. The molecule has 1 saturated heterocycles. The van der Waals surface area contributed by atoms with Crippen molar-refractivity contribution in [3.05, 3.63) is 30.3 Å². The summed E-state index contributed by atoms with van der Waals surface area (Å²) in [4.78, 5) is 4.53. The van der Waals surface area contributed by atoms with E-state index in [1.807, 2.05) is 30.3 Å². The van der Waals surface area contributed by atoms with E-state index in [0.29, 0.717) is 0 Å². The fraction of sp³-hybridized carbons (Fsp3) is 0.385. The standard InChI is InChI=1S/C13H15N3OS/c1-13(7-8-17-9-13)15-12-14-11(16-18-12)10-5-3-2-4-6-10/h2-6H,7-9H2,1H3,(H,14,15,16). The van der Waals surface area contributed by atoms with Crippen molar-refractivity contribution in [3.8, 4) is 11.4 Å². The molecule has 0 spiro atoms. The lowest BCUT2D eigenvalue weighted by Crippen LogP contribution is -2.34. The zero-order valence-electron chi connectivity index (χ0n) is 10.2. The molecule has 1 aromatic carbocycles. The van der Waals surface area contributed by atoms with Gasteiger partial charge in [-0.05, 0) is 13.3 Å². The first-order valence-corrected chi connectivity index (χ1v) is 6.78. The summed E-state index contributed by atoms with van der Waals surface area (Å²) < 4.78 is 9.80. The fourth-order valence-electron chi connectivity index (χ4n) is 2.00. The predicted molar refractivity (Wildman–Crippen MR) is 72.8 cm³/mol. The second-order valence-electron chi connectivity index (χ2n) is 4.78. The van der Waals surface area contributed by atoms with Crippen molar-refractivity contribution < 1.29 is 4.74 Å². The van der Waals surface area contributed by atoms with Gasteiger partial charge in [-0.1, -0.05) is 30.3 Å². The normalized spacial score (nSPS) is 23.2. The molecular weight excluding hydrogens is 246 g/mol. The number of hydrogen-bond acceptors (Lipinski definition) is 5. The first-order valence-electron chi connectivity index (χ1n) is 6.00. The van der Waals surface area contributed by atoms with Gasteiger partial charge in [0, 0.05) is 23.7 Å². The number of hydrogen-bond donors (Lipinski definition) is 1. The van der Waals surface area contributed by atoms with Crippen molar-refractivity contribution in [2.75, 3.05) is 18.5 Å². The Labute approximate surface area is 110 Å². The highest BCUT2D eigenvalue weighted by Gasteiger charge is 2.30. The molecule has 2 heterocycles. The molecule has 0 amide bonds. The van der Waals surface area contributed by atoms with Crippen LogP contribution >= 0.6 is 11.5 Å². The first kappa shape index (κ1) is 11.6. The molecule has 1 unspecified atom stereocenters. The topological polar surface area (TPSA) is 47.0 Å². The molecule has 94 valence electrons. The van der Waals surface area contributed by atoms with Crippen LogP contribution in [0, 0.1) is 0 Å². The van der Waals surface area contributed by atoms with E-state index in [0.717, 1.165) is 36.2 Å². The summed E-state index contributed by atoms with van der Waals surface area (Å²) >= 11 is 1.40. The van der Waals surface area contributed by atoms with Crippen molar-refractivity contribution in [2.24, 2.45) is 0 Å². The van der Waals surface area contributed by atoms with Gasteiger partial charge in [-0.3, -0.25) is 0 Å². The Kier molecular flexibility index (Phi) is 3.01. The highest BCUT2D eigenvalue weighted by atomic mass is 32.1. The van der Waals surface area contributed by atoms with Crippen molar-refractivity contribution in [3.63, 3.8) is 0 Å². The van der Waals surface area contributed by atoms with Crippen LogP contribution in [-0.2, 0) is 4.74 Å². The van der Waals surface area contributed by atoms with E-state index in [9.17, 15) is 0 Å². The molecule has 3 rings (SSSR count). The van der Waals surface area contributed by atoms with Crippen molar-refractivity contribution >= 4 is 16.7 Å². The van der Waals surface area contributed by atoms with Gasteiger partial charge in [-0.15, -0.1) is 0 Å². The minimum Gasteiger partial charge on any atom is -0.379 e. The highest BCUT2D eigenvalue weighted by molar-refractivity contribution is 7.09. The second-order valence-corrected chi connectivity index (χ2v) is 5.53. The van der Waals surface area contributed by atoms with Crippen LogP contribution in [0.2, 0.25) is 0 Å². The van der Waals surface area contributed by atoms with E-state index in [2.05, 4.69) is 21.6 Å². The van der Waals surface area contributed by atoms with Crippen LogP contribution in [0.4, 0.5) is 5.13 Å². The van der Waals surface area contributed by atoms with Crippen LogP contribution in [0.1, 0.15) is 13.3 Å². The number of nitrogens with zero attached hydrogens (tertiary/aromatic N) is 2. The Hall–Kier alpha value is -1.46. The minimum atomic E-state index is -0.00646. The number of rotatable bonds is 3. The maximum Gasteiger partial charge on any atom is 0.203 e. The van der Waals surface area contributed by atoms with Gasteiger partial charge < -0.3 is 10.1 Å².